The lowest BCUT2D eigenvalue weighted by Crippen LogP contribution is -2.42. The van der Waals surface area contributed by atoms with E-state index < -0.39 is 18.0 Å². The van der Waals surface area contributed by atoms with Gasteiger partial charge in [-0.2, -0.15) is 0 Å². The first-order chi connectivity index (χ1) is 15.4. The van der Waals surface area contributed by atoms with Crippen LogP contribution in [0.3, 0.4) is 0 Å². The van der Waals surface area contributed by atoms with Crippen LogP contribution >= 0.6 is 22.9 Å². The molecule has 2 aliphatic heterocycles. The molecule has 2 aromatic rings. The highest BCUT2D eigenvalue weighted by Crippen LogP contribution is 2.37. The van der Waals surface area contributed by atoms with Crippen LogP contribution in [0.4, 0.5) is 20.6 Å². The second kappa shape index (κ2) is 9.31. The lowest BCUT2D eigenvalue weighted by atomic mass is 10.2. The fraction of sp³-hybridized carbons (Fsp3) is 0.350. The van der Waals surface area contributed by atoms with E-state index in [2.05, 4.69) is 5.32 Å². The van der Waals surface area contributed by atoms with E-state index in [9.17, 15) is 18.8 Å². The fourth-order valence-corrected chi connectivity index (χ4v) is 4.40. The number of methoxy groups -OCH3 is 1. The molecule has 32 heavy (non-hydrogen) atoms. The van der Waals surface area contributed by atoms with Crippen molar-refractivity contribution in [2.75, 3.05) is 49.8 Å². The first kappa shape index (κ1) is 22.3. The van der Waals surface area contributed by atoms with E-state index >= 15 is 0 Å². The zero-order valence-electron chi connectivity index (χ0n) is 16.9. The maximum Gasteiger partial charge on any atom is 0.414 e. The van der Waals surface area contributed by atoms with Gasteiger partial charge in [0, 0.05) is 18.7 Å². The quantitative estimate of drug-likeness (QED) is 0.678. The number of hydrogen-bond donors (Lipinski definition) is 1. The molecule has 0 bridgehead atoms. The van der Waals surface area contributed by atoms with E-state index in [-0.39, 0.29) is 55.2 Å². The van der Waals surface area contributed by atoms with Crippen molar-refractivity contribution >= 4 is 52.2 Å². The molecule has 0 unspecified atom stereocenters. The molecule has 2 saturated heterocycles. The van der Waals surface area contributed by atoms with Crippen molar-refractivity contribution in [3.05, 3.63) is 39.3 Å². The molecule has 12 heteroatoms. The normalized spacial score (nSPS) is 18.7. The Labute approximate surface area is 191 Å². The number of amides is 3. The smallest absolute Gasteiger partial charge is 0.414 e. The molecule has 2 aliphatic rings. The summed E-state index contributed by atoms with van der Waals surface area (Å²) in [6.07, 6.45) is -1.34. The highest BCUT2D eigenvalue weighted by Gasteiger charge is 2.35. The van der Waals surface area contributed by atoms with Gasteiger partial charge < -0.3 is 24.4 Å². The molecule has 1 aromatic heterocycles. The van der Waals surface area contributed by atoms with E-state index in [1.54, 1.807) is 12.1 Å². The van der Waals surface area contributed by atoms with Gasteiger partial charge in [0.2, 0.25) is 0 Å². The summed E-state index contributed by atoms with van der Waals surface area (Å²) in [5.74, 6) is -1.18. The molecular weight excluding hydrogens is 465 g/mol. The summed E-state index contributed by atoms with van der Waals surface area (Å²) in [5.41, 5.74) is 0.211. The highest BCUT2D eigenvalue weighted by molar-refractivity contribution is 7.18. The number of carbonyl (C=O) groups excluding carboxylic acids is 3. The Morgan fingerprint density at radius 2 is 2.12 bits per heavy atom. The average Bonchev–Trinajstić information content (AvgIpc) is 3.38. The first-order valence-corrected chi connectivity index (χ1v) is 10.8. The number of hydrogen-bond acceptors (Lipinski definition) is 7. The molecule has 4 rings (SSSR count). The van der Waals surface area contributed by atoms with Crippen molar-refractivity contribution in [2.24, 2.45) is 0 Å². The number of thiophene rings is 1. The third kappa shape index (κ3) is 4.50. The van der Waals surface area contributed by atoms with Crippen LogP contribution in [0, 0.1) is 5.82 Å². The number of nitrogens with zero attached hydrogens (tertiary/aromatic N) is 2. The Morgan fingerprint density at radius 1 is 1.31 bits per heavy atom. The third-order valence-electron chi connectivity index (χ3n) is 4.98. The van der Waals surface area contributed by atoms with Gasteiger partial charge in [0.25, 0.3) is 11.8 Å². The van der Waals surface area contributed by atoms with Gasteiger partial charge in [-0.1, -0.05) is 11.6 Å². The molecule has 0 spiro atoms. The minimum Gasteiger partial charge on any atom is -0.494 e. The number of benzene rings is 1. The van der Waals surface area contributed by atoms with Crippen LogP contribution in [0.1, 0.15) is 9.67 Å². The molecule has 170 valence electrons. The summed E-state index contributed by atoms with van der Waals surface area (Å²) < 4.78 is 31.1. The van der Waals surface area contributed by atoms with Gasteiger partial charge in [-0.25, -0.2) is 9.18 Å². The Hall–Kier alpha value is -2.89. The number of ether oxygens (including phenoxy) is 3. The first-order valence-electron chi connectivity index (χ1n) is 9.64. The van der Waals surface area contributed by atoms with Crippen LogP contribution in [0.5, 0.6) is 5.75 Å². The summed E-state index contributed by atoms with van der Waals surface area (Å²) in [6.45, 7) is 0.519. The van der Waals surface area contributed by atoms with Crippen molar-refractivity contribution in [3.63, 3.8) is 0 Å². The molecule has 0 radical (unpaired) electrons. The van der Waals surface area contributed by atoms with E-state index in [1.807, 2.05) is 0 Å². The Bertz CT molecular complexity index is 1060. The molecule has 3 heterocycles. The molecule has 0 aliphatic carbocycles. The minimum atomic E-state index is -0.698. The second-order valence-electron chi connectivity index (χ2n) is 7.00. The maximum atomic E-state index is 14.9. The molecule has 1 atom stereocenters. The van der Waals surface area contributed by atoms with Crippen LogP contribution in [0.2, 0.25) is 4.34 Å². The van der Waals surface area contributed by atoms with Crippen LogP contribution in [-0.2, 0) is 14.3 Å². The molecule has 1 aromatic carbocycles. The monoisotopic (exact) mass is 483 g/mol. The molecule has 0 saturated carbocycles. The van der Waals surface area contributed by atoms with Crippen LogP contribution in [-0.4, -0.2) is 64.0 Å². The number of morpholine rings is 1. The van der Waals surface area contributed by atoms with E-state index in [0.717, 1.165) is 17.4 Å². The van der Waals surface area contributed by atoms with Gasteiger partial charge in [0.1, 0.15) is 24.3 Å². The lowest BCUT2D eigenvalue weighted by molar-refractivity contribution is -0.125. The second-order valence-corrected chi connectivity index (χ2v) is 8.72. The maximum absolute atomic E-state index is 14.9. The lowest BCUT2D eigenvalue weighted by Gasteiger charge is -2.28. The third-order valence-corrected chi connectivity index (χ3v) is 6.21. The highest BCUT2D eigenvalue weighted by atomic mass is 35.5. The van der Waals surface area contributed by atoms with Crippen LogP contribution in [0.25, 0.3) is 0 Å². The Morgan fingerprint density at radius 3 is 2.81 bits per heavy atom. The largest absolute Gasteiger partial charge is 0.494 e. The number of nitrogens with one attached hydrogen (secondary N) is 1. The van der Waals surface area contributed by atoms with Gasteiger partial charge in [0.05, 0.1) is 47.4 Å². The zero-order valence-corrected chi connectivity index (χ0v) is 18.5. The SMILES string of the molecule is COc1cc(N2CCOCC2=O)c(F)cc1N1C[C@H](CNC(=O)c2ccc(Cl)s2)OC1=O. The minimum absolute atomic E-state index is 0.0462. The number of rotatable bonds is 6. The number of halogens is 2. The molecule has 3 amide bonds. The van der Waals surface area contributed by atoms with E-state index in [0.29, 0.717) is 15.8 Å². The van der Waals surface area contributed by atoms with Crippen molar-refractivity contribution in [3.8, 4) is 5.75 Å². The van der Waals surface area contributed by atoms with E-state index in [1.165, 1.54) is 23.0 Å². The van der Waals surface area contributed by atoms with Crippen molar-refractivity contribution < 1.29 is 33.0 Å². The molecular formula is C20H19ClFN3O6S. The van der Waals surface area contributed by atoms with Crippen LogP contribution < -0.4 is 19.9 Å². The van der Waals surface area contributed by atoms with Gasteiger partial charge in [0.15, 0.2) is 0 Å². The predicted molar refractivity (Wildman–Crippen MR) is 115 cm³/mol. The number of carbonyl (C=O) groups is 3. The summed E-state index contributed by atoms with van der Waals surface area (Å²) >= 11 is 6.98. The van der Waals surface area contributed by atoms with Crippen molar-refractivity contribution in [1.82, 2.24) is 5.32 Å². The fourth-order valence-electron chi connectivity index (χ4n) is 3.44. The topological polar surface area (TPSA) is 97.4 Å². The van der Waals surface area contributed by atoms with Gasteiger partial charge in [-0.15, -0.1) is 11.3 Å². The average molecular weight is 484 g/mol. The van der Waals surface area contributed by atoms with Crippen molar-refractivity contribution in [1.29, 1.82) is 0 Å². The summed E-state index contributed by atoms with van der Waals surface area (Å²) in [4.78, 5) is 39.6. The molecule has 1 N–H and O–H groups in total. The number of cyclic esters (lactones) is 1. The van der Waals surface area contributed by atoms with Crippen LogP contribution in [0.15, 0.2) is 24.3 Å². The summed E-state index contributed by atoms with van der Waals surface area (Å²) in [6, 6.07) is 5.72. The summed E-state index contributed by atoms with van der Waals surface area (Å²) in [5, 5.41) is 2.69. The molecule has 9 nitrogen and oxygen atoms in total. The summed E-state index contributed by atoms with van der Waals surface area (Å²) in [7, 11) is 1.38. The van der Waals surface area contributed by atoms with Gasteiger partial charge in [-0.05, 0) is 12.1 Å². The van der Waals surface area contributed by atoms with Crippen molar-refractivity contribution in [2.45, 2.75) is 6.10 Å². The zero-order chi connectivity index (χ0) is 22.8. The molecule has 2 fully saturated rings. The van der Waals surface area contributed by atoms with Gasteiger partial charge in [-0.3, -0.25) is 14.5 Å². The predicted octanol–water partition coefficient (Wildman–Crippen LogP) is 2.67. The Kier molecular flexibility index (Phi) is 6.49. The standard InChI is InChI=1S/C20H19ClFN3O6S/c1-29-15-7-13(24-4-5-30-10-18(24)26)12(22)6-14(15)25-9-11(31-20(25)28)8-23-19(27)16-2-3-17(21)32-16/h2-3,6-7,11H,4-5,8-10H2,1H3,(H,23,27)/t11-/m0/s1. The number of anilines is 2. The Balaban J connectivity index is 1.48. The van der Waals surface area contributed by atoms with E-state index in [4.69, 9.17) is 25.8 Å². The van der Waals surface area contributed by atoms with Gasteiger partial charge >= 0.3 is 6.09 Å².